The van der Waals surface area contributed by atoms with Gasteiger partial charge in [0, 0.05) is 37.4 Å². The molecule has 7 heteroatoms. The quantitative estimate of drug-likeness (QED) is 0.665. The molecule has 0 spiro atoms. The number of hydrogen-bond donors (Lipinski definition) is 1. The predicted molar refractivity (Wildman–Crippen MR) is 119 cm³/mol. The molecule has 0 saturated carbocycles. The Bertz CT molecular complexity index is 904. The summed E-state index contributed by atoms with van der Waals surface area (Å²) in [5.74, 6) is 0.301. The van der Waals surface area contributed by atoms with Crippen molar-refractivity contribution in [2.75, 3.05) is 19.7 Å². The second kappa shape index (κ2) is 9.81. The van der Waals surface area contributed by atoms with E-state index in [9.17, 15) is 14.0 Å². The lowest BCUT2D eigenvalue weighted by atomic mass is 9.85. The number of carbonyl (C=O) groups is 2. The molecule has 3 heterocycles. The zero-order valence-corrected chi connectivity index (χ0v) is 18.5. The Kier molecular flexibility index (Phi) is 6.90. The van der Waals surface area contributed by atoms with Crippen LogP contribution in [0.1, 0.15) is 44.1 Å². The number of carbonyl (C=O) groups excluding carboxylic acids is 2. The molecule has 31 heavy (non-hydrogen) atoms. The molecular weight excluding hydrogens is 415 g/mol. The Morgan fingerprint density at radius 3 is 2.94 bits per heavy atom. The molecule has 0 aliphatic carbocycles. The number of benzene rings is 1. The van der Waals surface area contributed by atoms with Gasteiger partial charge in [-0.3, -0.25) is 9.59 Å². The molecule has 2 atom stereocenters. The first kappa shape index (κ1) is 21.8. The lowest BCUT2D eigenvalue weighted by Gasteiger charge is -2.34. The molecule has 166 valence electrons. The van der Waals surface area contributed by atoms with Crippen LogP contribution in [0.3, 0.4) is 0 Å². The van der Waals surface area contributed by atoms with Gasteiger partial charge in [0.15, 0.2) is 11.6 Å². The third kappa shape index (κ3) is 5.64. The van der Waals surface area contributed by atoms with Gasteiger partial charge in [0.05, 0.1) is 6.61 Å². The molecule has 0 radical (unpaired) electrons. The van der Waals surface area contributed by atoms with Gasteiger partial charge in [-0.25, -0.2) is 4.39 Å². The second-order valence-electron chi connectivity index (χ2n) is 8.73. The van der Waals surface area contributed by atoms with E-state index in [0.29, 0.717) is 32.4 Å². The highest BCUT2D eigenvalue weighted by Gasteiger charge is 2.38. The second-order valence-corrected chi connectivity index (χ2v) is 9.51. The average Bonchev–Trinajstić information content (AvgIpc) is 3.42. The zero-order chi connectivity index (χ0) is 21.7. The summed E-state index contributed by atoms with van der Waals surface area (Å²) in [6, 6.07) is 8.50. The van der Waals surface area contributed by atoms with Crippen LogP contribution in [-0.2, 0) is 16.0 Å². The summed E-state index contributed by atoms with van der Waals surface area (Å²) in [6.07, 6.45) is 5.04. The van der Waals surface area contributed by atoms with Crippen molar-refractivity contribution in [3.05, 3.63) is 52.5 Å². The number of likely N-dealkylation sites (tertiary alicyclic amines) is 1. The van der Waals surface area contributed by atoms with E-state index < -0.39 is 0 Å². The largest absolute Gasteiger partial charge is 0.490 e. The fraction of sp³-hybridized carbons (Fsp3) is 0.500. The summed E-state index contributed by atoms with van der Waals surface area (Å²) in [4.78, 5) is 26.8. The lowest BCUT2D eigenvalue weighted by Crippen LogP contribution is -2.46. The van der Waals surface area contributed by atoms with E-state index in [-0.39, 0.29) is 34.8 Å². The molecular formula is C24H29FN2O3S. The first-order chi connectivity index (χ1) is 15.0. The Morgan fingerprint density at radius 1 is 1.32 bits per heavy atom. The fourth-order valence-electron chi connectivity index (χ4n) is 4.67. The minimum Gasteiger partial charge on any atom is -0.490 e. The predicted octanol–water partition coefficient (Wildman–Crippen LogP) is 4.18. The number of nitrogens with zero attached hydrogens (tertiary/aromatic N) is 1. The molecule has 2 saturated heterocycles. The third-order valence-electron chi connectivity index (χ3n) is 6.36. The van der Waals surface area contributed by atoms with E-state index in [1.165, 1.54) is 11.6 Å². The van der Waals surface area contributed by atoms with E-state index in [1.807, 2.05) is 10.3 Å². The van der Waals surface area contributed by atoms with Gasteiger partial charge in [0.2, 0.25) is 11.8 Å². The SMILES string of the molecule is O=C1CC[C@](CCC(=O)N2CCC[C@@H](COc3ccccc3F)C2)(Cc2ccsc2)N1. The molecule has 2 aliphatic rings. The van der Waals surface area contributed by atoms with Crippen molar-refractivity contribution in [3.63, 3.8) is 0 Å². The summed E-state index contributed by atoms with van der Waals surface area (Å²) in [5, 5.41) is 7.31. The average molecular weight is 445 g/mol. The Balaban J connectivity index is 1.30. The van der Waals surface area contributed by atoms with E-state index in [2.05, 4.69) is 16.8 Å². The zero-order valence-electron chi connectivity index (χ0n) is 17.6. The van der Waals surface area contributed by atoms with E-state index >= 15 is 0 Å². The van der Waals surface area contributed by atoms with Gasteiger partial charge in [0.25, 0.3) is 0 Å². The number of rotatable bonds is 8. The number of thiophene rings is 1. The molecule has 2 aliphatic heterocycles. The van der Waals surface area contributed by atoms with Crippen LogP contribution >= 0.6 is 11.3 Å². The highest BCUT2D eigenvalue weighted by atomic mass is 32.1. The normalized spacial score (nSPS) is 23.6. The molecule has 1 aromatic heterocycles. The van der Waals surface area contributed by atoms with E-state index in [1.54, 1.807) is 29.5 Å². The maximum absolute atomic E-state index is 13.8. The van der Waals surface area contributed by atoms with Gasteiger partial charge in [-0.15, -0.1) is 0 Å². The molecule has 4 rings (SSSR count). The van der Waals surface area contributed by atoms with Gasteiger partial charge < -0.3 is 15.0 Å². The molecule has 2 fully saturated rings. The van der Waals surface area contributed by atoms with Gasteiger partial charge in [-0.1, -0.05) is 12.1 Å². The standard InChI is InChI=1S/C24H29FN2O3S/c25-20-5-1-2-6-21(20)30-16-19-4-3-12-27(15-19)23(29)8-11-24(10-7-22(28)26-24)14-18-9-13-31-17-18/h1-2,5-6,9,13,17,19H,3-4,7-8,10-12,14-16H2,(H,26,28)/t19-,24+/m1/s1. The van der Waals surface area contributed by atoms with Crippen molar-refractivity contribution >= 4 is 23.2 Å². The van der Waals surface area contributed by atoms with Crippen LogP contribution in [0.15, 0.2) is 41.1 Å². The molecule has 0 unspecified atom stereocenters. The van der Waals surface area contributed by atoms with Crippen LogP contribution in [0.4, 0.5) is 4.39 Å². The summed E-state index contributed by atoms with van der Waals surface area (Å²) < 4.78 is 19.5. The van der Waals surface area contributed by atoms with E-state index in [4.69, 9.17) is 4.74 Å². The van der Waals surface area contributed by atoms with Crippen LogP contribution in [0, 0.1) is 11.7 Å². The number of halogens is 1. The van der Waals surface area contributed by atoms with Gasteiger partial charge in [-0.05, 0) is 66.6 Å². The van der Waals surface area contributed by atoms with E-state index in [0.717, 1.165) is 32.2 Å². The number of para-hydroxylation sites is 1. The van der Waals surface area contributed by atoms with Crippen LogP contribution in [0.2, 0.25) is 0 Å². The third-order valence-corrected chi connectivity index (χ3v) is 7.09. The maximum Gasteiger partial charge on any atom is 0.222 e. The highest BCUT2D eigenvalue weighted by Crippen LogP contribution is 2.31. The van der Waals surface area contributed by atoms with Crippen molar-refractivity contribution in [2.45, 2.75) is 50.5 Å². The molecule has 5 nitrogen and oxygen atoms in total. The summed E-state index contributed by atoms with van der Waals surface area (Å²) in [7, 11) is 0. The number of hydrogen-bond acceptors (Lipinski definition) is 4. The summed E-state index contributed by atoms with van der Waals surface area (Å²) in [6.45, 7) is 1.79. The van der Waals surface area contributed by atoms with Crippen molar-refractivity contribution in [3.8, 4) is 5.75 Å². The summed E-state index contributed by atoms with van der Waals surface area (Å²) in [5.41, 5.74) is 0.889. The van der Waals surface area contributed by atoms with Crippen molar-refractivity contribution in [1.29, 1.82) is 0 Å². The van der Waals surface area contributed by atoms with Crippen molar-refractivity contribution in [2.24, 2.45) is 5.92 Å². The molecule has 1 N–H and O–H groups in total. The first-order valence-electron chi connectivity index (χ1n) is 11.0. The number of ether oxygens (including phenoxy) is 1. The highest BCUT2D eigenvalue weighted by molar-refractivity contribution is 7.07. The number of nitrogens with one attached hydrogen (secondary N) is 1. The Morgan fingerprint density at radius 2 is 2.19 bits per heavy atom. The number of piperidine rings is 1. The monoisotopic (exact) mass is 444 g/mol. The fourth-order valence-corrected chi connectivity index (χ4v) is 5.34. The van der Waals surface area contributed by atoms with Crippen LogP contribution in [0.5, 0.6) is 5.75 Å². The maximum atomic E-state index is 13.8. The van der Waals surface area contributed by atoms with Crippen LogP contribution < -0.4 is 10.1 Å². The molecule has 1 aromatic carbocycles. The topological polar surface area (TPSA) is 58.6 Å². The van der Waals surface area contributed by atoms with Crippen molar-refractivity contribution in [1.82, 2.24) is 10.2 Å². The van der Waals surface area contributed by atoms with Gasteiger partial charge in [0.1, 0.15) is 0 Å². The molecule has 2 aromatic rings. The summed E-state index contributed by atoms with van der Waals surface area (Å²) >= 11 is 1.65. The lowest BCUT2D eigenvalue weighted by molar-refractivity contribution is -0.134. The molecule has 2 amide bonds. The van der Waals surface area contributed by atoms with Crippen LogP contribution in [-0.4, -0.2) is 41.9 Å². The Hall–Kier alpha value is -2.41. The smallest absolute Gasteiger partial charge is 0.222 e. The van der Waals surface area contributed by atoms with Gasteiger partial charge >= 0.3 is 0 Å². The Labute approximate surface area is 186 Å². The minimum atomic E-state index is -0.360. The van der Waals surface area contributed by atoms with Crippen molar-refractivity contribution < 1.29 is 18.7 Å². The minimum absolute atomic E-state index is 0.0750. The molecule has 0 bridgehead atoms. The van der Waals surface area contributed by atoms with Gasteiger partial charge in [-0.2, -0.15) is 11.3 Å². The van der Waals surface area contributed by atoms with Crippen LogP contribution in [0.25, 0.3) is 0 Å². The number of amides is 2. The first-order valence-corrected chi connectivity index (χ1v) is 11.9.